The van der Waals surface area contributed by atoms with Gasteiger partial charge in [0.25, 0.3) is 0 Å². The van der Waals surface area contributed by atoms with Crippen molar-refractivity contribution >= 4 is 5.91 Å². The fourth-order valence-corrected chi connectivity index (χ4v) is 1.95. The Morgan fingerprint density at radius 1 is 1.05 bits per heavy atom. The number of nitrogens with zero attached hydrogens (tertiary/aromatic N) is 1. The van der Waals surface area contributed by atoms with Crippen LogP contribution in [0.3, 0.4) is 0 Å². The summed E-state index contributed by atoms with van der Waals surface area (Å²) < 4.78 is 0. The fraction of sp³-hybridized carbons (Fsp3) is 0.929. The van der Waals surface area contributed by atoms with Gasteiger partial charge in [0.15, 0.2) is 0 Å². The highest BCUT2D eigenvalue weighted by Crippen LogP contribution is 2.08. The molecule has 120 valence electrons. The first-order valence-corrected chi connectivity index (χ1v) is 7.42. The summed E-state index contributed by atoms with van der Waals surface area (Å²) in [5.41, 5.74) is 0. The summed E-state index contributed by atoms with van der Waals surface area (Å²) in [6.45, 7) is 1.43. The molecule has 0 fully saturated rings. The smallest absolute Gasteiger partial charge is 0.222 e. The maximum atomic E-state index is 12.0. The fourth-order valence-electron chi connectivity index (χ4n) is 1.95. The molecule has 0 aromatic carbocycles. The molecule has 6 nitrogen and oxygen atoms in total. The Kier molecular flexibility index (Phi) is 11.7. The Bertz CT molecular complexity index is 250. The van der Waals surface area contributed by atoms with Crippen molar-refractivity contribution < 1.29 is 25.2 Å². The minimum absolute atomic E-state index is 0.0733. The maximum absolute atomic E-state index is 12.0. The molecule has 0 heterocycles. The Balaban J connectivity index is 4.12. The van der Waals surface area contributed by atoms with Crippen LogP contribution in [-0.2, 0) is 4.79 Å². The summed E-state index contributed by atoms with van der Waals surface area (Å²) in [6, 6.07) is 0. The zero-order chi connectivity index (χ0) is 15.4. The lowest BCUT2D eigenvalue weighted by molar-refractivity contribution is -0.135. The molecule has 6 heteroatoms. The normalized spacial score (nSPS) is 14.1. The number of aliphatic hydroxyl groups excluding tert-OH is 4. The van der Waals surface area contributed by atoms with Crippen LogP contribution in [0.15, 0.2) is 0 Å². The average Bonchev–Trinajstić information content (AvgIpc) is 2.45. The zero-order valence-corrected chi connectivity index (χ0v) is 12.4. The topological polar surface area (TPSA) is 101 Å². The largest absolute Gasteiger partial charge is 0.395 e. The summed E-state index contributed by atoms with van der Waals surface area (Å²) in [4.78, 5) is 13.3. The van der Waals surface area contributed by atoms with Crippen LogP contribution in [0.5, 0.6) is 0 Å². The molecule has 0 aliphatic heterocycles. The Morgan fingerprint density at radius 3 is 2.25 bits per heavy atom. The van der Waals surface area contributed by atoms with Gasteiger partial charge in [0, 0.05) is 19.5 Å². The summed E-state index contributed by atoms with van der Waals surface area (Å²) in [5, 5.41) is 36.6. The van der Waals surface area contributed by atoms with Crippen LogP contribution in [0.2, 0.25) is 0 Å². The minimum atomic E-state index is -1.27. The Morgan fingerprint density at radius 2 is 1.70 bits per heavy atom. The summed E-state index contributed by atoms with van der Waals surface area (Å²) >= 11 is 0. The highest BCUT2D eigenvalue weighted by atomic mass is 16.4. The van der Waals surface area contributed by atoms with Gasteiger partial charge in [-0.25, -0.2) is 0 Å². The number of hydrogen-bond acceptors (Lipinski definition) is 5. The van der Waals surface area contributed by atoms with E-state index in [4.69, 9.17) is 10.2 Å². The van der Waals surface area contributed by atoms with E-state index in [9.17, 15) is 15.0 Å². The molecule has 0 aliphatic rings. The third-order valence-electron chi connectivity index (χ3n) is 3.26. The van der Waals surface area contributed by atoms with E-state index in [0.29, 0.717) is 6.42 Å². The first-order valence-electron chi connectivity index (χ1n) is 7.42. The van der Waals surface area contributed by atoms with Crippen LogP contribution in [0.4, 0.5) is 0 Å². The molecular formula is C14H29NO5. The van der Waals surface area contributed by atoms with Crippen molar-refractivity contribution in [2.24, 2.45) is 0 Å². The van der Waals surface area contributed by atoms with Crippen LogP contribution in [0.25, 0.3) is 0 Å². The molecule has 0 aromatic rings. The first-order chi connectivity index (χ1) is 9.56. The summed E-state index contributed by atoms with van der Waals surface area (Å²) in [7, 11) is 0. The van der Waals surface area contributed by atoms with Gasteiger partial charge in [-0.05, 0) is 6.42 Å². The predicted octanol–water partition coefficient (Wildman–Crippen LogP) is -0.118. The van der Waals surface area contributed by atoms with Gasteiger partial charge in [-0.2, -0.15) is 0 Å². The van der Waals surface area contributed by atoms with Crippen molar-refractivity contribution in [1.82, 2.24) is 4.90 Å². The van der Waals surface area contributed by atoms with Gasteiger partial charge in [-0.15, -0.1) is 0 Å². The van der Waals surface area contributed by atoms with Crippen LogP contribution >= 0.6 is 0 Å². The maximum Gasteiger partial charge on any atom is 0.222 e. The molecule has 0 aromatic heterocycles. The molecule has 0 saturated heterocycles. The second-order valence-corrected chi connectivity index (χ2v) is 5.04. The van der Waals surface area contributed by atoms with Crippen LogP contribution in [0.1, 0.15) is 45.4 Å². The van der Waals surface area contributed by atoms with Gasteiger partial charge in [-0.3, -0.25) is 4.79 Å². The number of rotatable bonds is 12. The molecule has 0 radical (unpaired) electrons. The molecule has 0 unspecified atom stereocenters. The van der Waals surface area contributed by atoms with E-state index in [1.807, 2.05) is 0 Å². The van der Waals surface area contributed by atoms with Crippen molar-refractivity contribution in [3.05, 3.63) is 0 Å². The molecular weight excluding hydrogens is 262 g/mol. The zero-order valence-electron chi connectivity index (χ0n) is 12.4. The molecule has 0 aliphatic carbocycles. The van der Waals surface area contributed by atoms with E-state index in [2.05, 4.69) is 6.92 Å². The summed E-state index contributed by atoms with van der Waals surface area (Å²) in [6.07, 6.45) is 3.12. The number of carbonyl (C=O) groups is 1. The molecule has 20 heavy (non-hydrogen) atoms. The number of hydrogen-bond donors (Lipinski definition) is 4. The van der Waals surface area contributed by atoms with E-state index in [0.717, 1.165) is 32.1 Å². The Hall–Kier alpha value is -0.690. The highest BCUT2D eigenvalue weighted by molar-refractivity contribution is 5.76. The van der Waals surface area contributed by atoms with E-state index in [1.54, 1.807) is 0 Å². The lowest BCUT2D eigenvalue weighted by atomic mass is 10.1. The lowest BCUT2D eigenvalue weighted by Crippen LogP contribution is -2.44. The minimum Gasteiger partial charge on any atom is -0.395 e. The standard InChI is InChI=1S/C14H29NO5/c1-2-3-4-5-6-7-14(20)15(8-9-16)10-12(18)13(19)11-17/h12-13,16-19H,2-11H2,1H3/t12-,13+/m1/s1. The second kappa shape index (κ2) is 12.1. The van der Waals surface area contributed by atoms with Crippen LogP contribution in [-0.4, -0.2) is 69.7 Å². The summed E-state index contributed by atoms with van der Waals surface area (Å²) in [5.74, 6) is -0.139. The van der Waals surface area contributed by atoms with Gasteiger partial charge in [-0.1, -0.05) is 32.6 Å². The van der Waals surface area contributed by atoms with Crippen molar-refractivity contribution in [2.75, 3.05) is 26.3 Å². The molecule has 4 N–H and O–H groups in total. The van der Waals surface area contributed by atoms with Gasteiger partial charge in [0.05, 0.1) is 19.3 Å². The number of unbranched alkanes of at least 4 members (excludes halogenated alkanes) is 4. The second-order valence-electron chi connectivity index (χ2n) is 5.04. The highest BCUT2D eigenvalue weighted by Gasteiger charge is 2.21. The molecule has 0 spiro atoms. The van der Waals surface area contributed by atoms with E-state index >= 15 is 0 Å². The van der Waals surface area contributed by atoms with E-state index < -0.39 is 18.8 Å². The SMILES string of the molecule is CCCCCCCC(=O)N(CCO)C[C@@H](O)[C@@H](O)CO. The van der Waals surface area contributed by atoms with Crippen molar-refractivity contribution in [3.8, 4) is 0 Å². The van der Waals surface area contributed by atoms with Crippen LogP contribution in [0, 0.1) is 0 Å². The molecule has 0 saturated carbocycles. The molecule has 0 bridgehead atoms. The van der Waals surface area contributed by atoms with Crippen molar-refractivity contribution in [1.29, 1.82) is 0 Å². The van der Waals surface area contributed by atoms with Crippen LogP contribution < -0.4 is 0 Å². The van der Waals surface area contributed by atoms with Crippen molar-refractivity contribution in [2.45, 2.75) is 57.7 Å². The van der Waals surface area contributed by atoms with Crippen molar-refractivity contribution in [3.63, 3.8) is 0 Å². The average molecular weight is 291 g/mol. The molecule has 0 rings (SSSR count). The van der Waals surface area contributed by atoms with E-state index in [-0.39, 0.29) is 25.6 Å². The Labute approximate surface area is 121 Å². The van der Waals surface area contributed by atoms with Gasteiger partial charge in [0.2, 0.25) is 5.91 Å². The van der Waals surface area contributed by atoms with Gasteiger partial charge < -0.3 is 25.3 Å². The number of carbonyl (C=O) groups excluding carboxylic acids is 1. The third kappa shape index (κ3) is 8.47. The first kappa shape index (κ1) is 19.3. The van der Waals surface area contributed by atoms with Gasteiger partial charge >= 0.3 is 0 Å². The molecule has 2 atom stereocenters. The lowest BCUT2D eigenvalue weighted by Gasteiger charge is -2.26. The van der Waals surface area contributed by atoms with E-state index in [1.165, 1.54) is 4.90 Å². The predicted molar refractivity (Wildman–Crippen MR) is 76.1 cm³/mol. The monoisotopic (exact) mass is 291 g/mol. The quantitative estimate of drug-likeness (QED) is 0.376. The third-order valence-corrected chi connectivity index (χ3v) is 3.26. The number of aliphatic hydroxyl groups is 4. The number of amides is 1. The van der Waals surface area contributed by atoms with Gasteiger partial charge in [0.1, 0.15) is 6.10 Å². The molecule has 1 amide bonds.